The number of nitrogens with one attached hydrogen (secondary N) is 2. The van der Waals surface area contributed by atoms with E-state index in [1.54, 1.807) is 0 Å². The Balaban J connectivity index is 0.00000256. The standard InChI is InChI=1S/C13H27N3.HI/c1-3-4-8-11-15-13(14-2)16-12-9-6-5-7-10-12;/h12H,3-11H2,1-2H3,(H2,14,15,16);1H. The van der Waals surface area contributed by atoms with Crippen molar-refractivity contribution in [3.05, 3.63) is 0 Å². The second-order valence-corrected chi connectivity index (χ2v) is 4.69. The van der Waals surface area contributed by atoms with Crippen LogP contribution in [0.3, 0.4) is 0 Å². The van der Waals surface area contributed by atoms with E-state index in [2.05, 4.69) is 22.5 Å². The summed E-state index contributed by atoms with van der Waals surface area (Å²) in [4.78, 5) is 4.27. The van der Waals surface area contributed by atoms with Crippen molar-refractivity contribution in [2.75, 3.05) is 13.6 Å². The van der Waals surface area contributed by atoms with Crippen LogP contribution >= 0.6 is 24.0 Å². The Morgan fingerprint density at radius 1 is 1.18 bits per heavy atom. The summed E-state index contributed by atoms with van der Waals surface area (Å²) < 4.78 is 0. The largest absolute Gasteiger partial charge is 0.356 e. The molecule has 0 bridgehead atoms. The van der Waals surface area contributed by atoms with Crippen molar-refractivity contribution in [3.63, 3.8) is 0 Å². The molecule has 2 N–H and O–H groups in total. The highest BCUT2D eigenvalue weighted by atomic mass is 127. The van der Waals surface area contributed by atoms with E-state index >= 15 is 0 Å². The lowest BCUT2D eigenvalue weighted by molar-refractivity contribution is 0.410. The van der Waals surface area contributed by atoms with Crippen LogP contribution < -0.4 is 10.6 Å². The topological polar surface area (TPSA) is 36.4 Å². The second kappa shape index (κ2) is 11.1. The van der Waals surface area contributed by atoms with Crippen LogP contribution in [0.15, 0.2) is 4.99 Å². The van der Waals surface area contributed by atoms with E-state index in [4.69, 9.17) is 0 Å². The van der Waals surface area contributed by atoms with Gasteiger partial charge < -0.3 is 10.6 Å². The predicted octanol–water partition coefficient (Wildman–Crippen LogP) is 3.29. The van der Waals surface area contributed by atoms with Crippen LogP contribution in [0, 0.1) is 0 Å². The van der Waals surface area contributed by atoms with E-state index in [9.17, 15) is 0 Å². The summed E-state index contributed by atoms with van der Waals surface area (Å²) in [6.45, 7) is 3.27. The highest BCUT2D eigenvalue weighted by Crippen LogP contribution is 2.17. The maximum atomic E-state index is 4.27. The average molecular weight is 353 g/mol. The van der Waals surface area contributed by atoms with Crippen molar-refractivity contribution in [2.45, 2.75) is 64.3 Å². The highest BCUT2D eigenvalue weighted by molar-refractivity contribution is 14.0. The van der Waals surface area contributed by atoms with Crippen LogP contribution in [0.1, 0.15) is 58.3 Å². The first-order valence-corrected chi connectivity index (χ1v) is 6.84. The number of hydrogen-bond donors (Lipinski definition) is 2. The van der Waals surface area contributed by atoms with E-state index < -0.39 is 0 Å². The first-order valence-electron chi connectivity index (χ1n) is 6.84. The van der Waals surface area contributed by atoms with Crippen LogP contribution in [0.25, 0.3) is 0 Å². The molecule has 0 aromatic rings. The quantitative estimate of drug-likeness (QED) is 0.344. The van der Waals surface area contributed by atoms with Crippen LogP contribution in [0.4, 0.5) is 0 Å². The molecular weight excluding hydrogens is 325 g/mol. The molecule has 0 spiro atoms. The van der Waals surface area contributed by atoms with Gasteiger partial charge in [-0.2, -0.15) is 0 Å². The fourth-order valence-corrected chi connectivity index (χ4v) is 2.22. The molecule has 1 fully saturated rings. The summed E-state index contributed by atoms with van der Waals surface area (Å²) in [6, 6.07) is 0.645. The van der Waals surface area contributed by atoms with Crippen molar-refractivity contribution in [3.8, 4) is 0 Å². The summed E-state index contributed by atoms with van der Waals surface area (Å²) in [5, 5.41) is 6.91. The molecule has 1 rings (SSSR count). The number of hydrogen-bond acceptors (Lipinski definition) is 1. The van der Waals surface area contributed by atoms with Crippen LogP contribution in [-0.2, 0) is 0 Å². The van der Waals surface area contributed by atoms with Crippen molar-refractivity contribution < 1.29 is 0 Å². The molecule has 0 heterocycles. The Bertz CT molecular complexity index is 201. The third-order valence-electron chi connectivity index (χ3n) is 3.24. The maximum Gasteiger partial charge on any atom is 0.191 e. The van der Waals surface area contributed by atoms with Gasteiger partial charge in [-0.3, -0.25) is 4.99 Å². The molecule has 3 nitrogen and oxygen atoms in total. The van der Waals surface area contributed by atoms with Gasteiger partial charge in [0.25, 0.3) is 0 Å². The lowest BCUT2D eigenvalue weighted by Crippen LogP contribution is -2.44. The smallest absolute Gasteiger partial charge is 0.191 e. The van der Waals surface area contributed by atoms with E-state index in [0.29, 0.717) is 6.04 Å². The maximum absolute atomic E-state index is 4.27. The van der Waals surface area contributed by atoms with Gasteiger partial charge in [0.2, 0.25) is 0 Å². The molecule has 0 aliphatic heterocycles. The van der Waals surface area contributed by atoms with Gasteiger partial charge in [-0.05, 0) is 19.3 Å². The van der Waals surface area contributed by atoms with Crippen molar-refractivity contribution in [1.29, 1.82) is 0 Å². The molecule has 0 atom stereocenters. The summed E-state index contributed by atoms with van der Waals surface area (Å²) in [7, 11) is 1.86. The van der Waals surface area contributed by atoms with Crippen molar-refractivity contribution in [1.82, 2.24) is 10.6 Å². The molecule has 0 aromatic carbocycles. The molecular formula is C13H28IN3. The number of halogens is 1. The van der Waals surface area contributed by atoms with Gasteiger partial charge in [-0.15, -0.1) is 24.0 Å². The van der Waals surface area contributed by atoms with Crippen LogP contribution in [0.5, 0.6) is 0 Å². The van der Waals surface area contributed by atoms with E-state index in [1.165, 1.54) is 51.4 Å². The molecule has 1 aliphatic rings. The normalized spacial score (nSPS) is 17.4. The fraction of sp³-hybridized carbons (Fsp3) is 0.923. The van der Waals surface area contributed by atoms with Gasteiger partial charge in [0.05, 0.1) is 0 Å². The van der Waals surface area contributed by atoms with Gasteiger partial charge >= 0.3 is 0 Å². The molecule has 17 heavy (non-hydrogen) atoms. The minimum absolute atomic E-state index is 0. The number of nitrogens with zero attached hydrogens (tertiary/aromatic N) is 1. The third-order valence-corrected chi connectivity index (χ3v) is 3.24. The monoisotopic (exact) mass is 353 g/mol. The number of aliphatic imine (C=N–C) groups is 1. The van der Waals surface area contributed by atoms with Crippen LogP contribution in [0.2, 0.25) is 0 Å². The molecule has 0 radical (unpaired) electrons. The molecule has 0 unspecified atom stereocenters. The number of unbranched alkanes of at least 4 members (excludes halogenated alkanes) is 2. The van der Waals surface area contributed by atoms with Crippen molar-refractivity contribution in [2.24, 2.45) is 4.99 Å². The van der Waals surface area contributed by atoms with E-state index in [0.717, 1.165) is 12.5 Å². The zero-order chi connectivity index (χ0) is 11.6. The molecule has 0 amide bonds. The summed E-state index contributed by atoms with van der Waals surface area (Å²) in [5.41, 5.74) is 0. The zero-order valence-electron chi connectivity index (χ0n) is 11.3. The SMILES string of the molecule is CCCCCNC(=NC)NC1CCCCC1.I. The molecule has 102 valence electrons. The fourth-order valence-electron chi connectivity index (χ4n) is 2.22. The van der Waals surface area contributed by atoms with Gasteiger partial charge in [0.15, 0.2) is 5.96 Å². The first kappa shape index (κ1) is 17.0. The summed E-state index contributed by atoms with van der Waals surface area (Å²) in [5.74, 6) is 0.989. The third kappa shape index (κ3) is 7.84. The molecule has 0 saturated heterocycles. The molecule has 4 heteroatoms. The zero-order valence-corrected chi connectivity index (χ0v) is 13.6. The van der Waals surface area contributed by atoms with Gasteiger partial charge in [-0.25, -0.2) is 0 Å². The Labute approximate surface area is 123 Å². The average Bonchev–Trinajstić information content (AvgIpc) is 2.34. The van der Waals surface area contributed by atoms with Gasteiger partial charge in [0.1, 0.15) is 0 Å². The van der Waals surface area contributed by atoms with Gasteiger partial charge in [-0.1, -0.05) is 39.0 Å². The highest BCUT2D eigenvalue weighted by Gasteiger charge is 2.13. The Kier molecular flexibility index (Phi) is 11.1. The number of guanidine groups is 1. The first-order chi connectivity index (χ1) is 7.86. The van der Waals surface area contributed by atoms with E-state index in [-0.39, 0.29) is 24.0 Å². The number of rotatable bonds is 5. The van der Waals surface area contributed by atoms with Crippen LogP contribution in [-0.4, -0.2) is 25.6 Å². The van der Waals surface area contributed by atoms with E-state index in [1.807, 2.05) is 7.05 Å². The summed E-state index contributed by atoms with van der Waals surface area (Å²) >= 11 is 0. The Hall–Kier alpha value is 0. The Morgan fingerprint density at radius 2 is 1.88 bits per heavy atom. The lowest BCUT2D eigenvalue weighted by Gasteiger charge is -2.24. The molecule has 1 aliphatic carbocycles. The minimum atomic E-state index is 0. The minimum Gasteiger partial charge on any atom is -0.356 e. The second-order valence-electron chi connectivity index (χ2n) is 4.69. The Morgan fingerprint density at radius 3 is 2.47 bits per heavy atom. The predicted molar refractivity (Wildman–Crippen MR) is 86.3 cm³/mol. The molecule has 0 aromatic heterocycles. The molecule has 1 saturated carbocycles. The van der Waals surface area contributed by atoms with Crippen molar-refractivity contribution >= 4 is 29.9 Å². The summed E-state index contributed by atoms with van der Waals surface area (Å²) in [6.07, 6.45) is 10.5. The lowest BCUT2D eigenvalue weighted by atomic mass is 9.96. The van der Waals surface area contributed by atoms with Gasteiger partial charge in [0, 0.05) is 19.6 Å².